The lowest BCUT2D eigenvalue weighted by molar-refractivity contribution is -0.137. The first kappa shape index (κ1) is 16.1. The molecular formula is C15H12Cl2F3N. The third-order valence-electron chi connectivity index (χ3n) is 3.11. The molecule has 0 fully saturated rings. The highest BCUT2D eigenvalue weighted by atomic mass is 35.5. The van der Waals surface area contributed by atoms with E-state index in [9.17, 15) is 13.2 Å². The number of benzene rings is 2. The number of alkyl halides is 3. The molecule has 0 aliphatic heterocycles. The van der Waals surface area contributed by atoms with Crippen molar-refractivity contribution in [3.05, 3.63) is 69.2 Å². The van der Waals surface area contributed by atoms with Gasteiger partial charge in [0.25, 0.3) is 0 Å². The van der Waals surface area contributed by atoms with Crippen LogP contribution < -0.4 is 5.32 Å². The molecule has 21 heavy (non-hydrogen) atoms. The summed E-state index contributed by atoms with van der Waals surface area (Å²) in [6.45, 7) is 0. The molecule has 0 spiro atoms. The van der Waals surface area contributed by atoms with Crippen LogP contribution in [0, 0.1) is 0 Å². The molecule has 1 nitrogen and oxygen atoms in total. The first-order valence-electron chi connectivity index (χ1n) is 6.12. The molecule has 0 amide bonds. The molecule has 0 bridgehead atoms. The zero-order valence-electron chi connectivity index (χ0n) is 11.0. The fourth-order valence-corrected chi connectivity index (χ4v) is 2.65. The molecule has 2 rings (SSSR count). The van der Waals surface area contributed by atoms with Crippen LogP contribution in [0.25, 0.3) is 0 Å². The summed E-state index contributed by atoms with van der Waals surface area (Å²) in [5.41, 5.74) is 0.463. The lowest BCUT2D eigenvalue weighted by atomic mass is 9.97. The first-order valence-corrected chi connectivity index (χ1v) is 6.88. The maximum Gasteiger partial charge on any atom is 0.416 e. The first-order chi connectivity index (χ1) is 9.82. The SMILES string of the molecule is CNC(c1cccc(C(F)(F)F)c1)c1ccc(Cl)cc1Cl. The fraction of sp³-hybridized carbons (Fsp3) is 0.200. The second-order valence-corrected chi connectivity index (χ2v) is 5.35. The zero-order valence-corrected chi connectivity index (χ0v) is 12.5. The van der Waals surface area contributed by atoms with Crippen LogP contribution in [-0.4, -0.2) is 7.05 Å². The molecule has 112 valence electrons. The molecule has 0 radical (unpaired) electrons. The molecule has 1 atom stereocenters. The summed E-state index contributed by atoms with van der Waals surface area (Å²) >= 11 is 12.0. The predicted molar refractivity (Wildman–Crippen MR) is 78.8 cm³/mol. The van der Waals surface area contributed by atoms with Gasteiger partial charge < -0.3 is 5.32 Å². The average Bonchev–Trinajstić information content (AvgIpc) is 2.41. The molecule has 1 N–H and O–H groups in total. The summed E-state index contributed by atoms with van der Waals surface area (Å²) in [5, 5.41) is 3.86. The maximum atomic E-state index is 12.8. The fourth-order valence-electron chi connectivity index (χ4n) is 2.13. The zero-order chi connectivity index (χ0) is 15.6. The van der Waals surface area contributed by atoms with Crippen LogP contribution in [0.4, 0.5) is 13.2 Å². The Morgan fingerprint density at radius 3 is 2.33 bits per heavy atom. The standard InChI is InChI=1S/C15H12Cl2F3N/c1-21-14(12-6-5-11(16)8-13(12)17)9-3-2-4-10(7-9)15(18,19)20/h2-8,14,21H,1H3. The molecular weight excluding hydrogens is 322 g/mol. The van der Waals surface area contributed by atoms with Gasteiger partial charge in [-0.1, -0.05) is 41.4 Å². The molecule has 0 saturated carbocycles. The summed E-state index contributed by atoms with van der Waals surface area (Å²) in [4.78, 5) is 0. The quantitative estimate of drug-likeness (QED) is 0.801. The van der Waals surface area contributed by atoms with Gasteiger partial charge in [0.2, 0.25) is 0 Å². The maximum absolute atomic E-state index is 12.8. The highest BCUT2D eigenvalue weighted by molar-refractivity contribution is 6.35. The van der Waals surface area contributed by atoms with E-state index in [-0.39, 0.29) is 0 Å². The Labute approximate surface area is 130 Å². The van der Waals surface area contributed by atoms with Crippen molar-refractivity contribution < 1.29 is 13.2 Å². The Balaban J connectivity index is 2.47. The van der Waals surface area contributed by atoms with Crippen LogP contribution in [0.1, 0.15) is 22.7 Å². The van der Waals surface area contributed by atoms with Gasteiger partial charge in [-0.05, 0) is 42.4 Å². The second-order valence-electron chi connectivity index (χ2n) is 4.51. The number of hydrogen-bond acceptors (Lipinski definition) is 1. The topological polar surface area (TPSA) is 12.0 Å². The van der Waals surface area contributed by atoms with Gasteiger partial charge in [-0.3, -0.25) is 0 Å². The minimum Gasteiger partial charge on any atom is -0.309 e. The van der Waals surface area contributed by atoms with Crippen molar-refractivity contribution in [1.82, 2.24) is 5.32 Å². The van der Waals surface area contributed by atoms with E-state index in [0.29, 0.717) is 21.2 Å². The summed E-state index contributed by atoms with van der Waals surface area (Å²) in [7, 11) is 1.66. The lowest BCUT2D eigenvalue weighted by Crippen LogP contribution is -2.19. The van der Waals surface area contributed by atoms with Gasteiger partial charge in [0.1, 0.15) is 0 Å². The van der Waals surface area contributed by atoms with Crippen LogP contribution >= 0.6 is 23.2 Å². The lowest BCUT2D eigenvalue weighted by Gasteiger charge is -2.20. The van der Waals surface area contributed by atoms with Crippen molar-refractivity contribution in [2.45, 2.75) is 12.2 Å². The molecule has 1 unspecified atom stereocenters. The highest BCUT2D eigenvalue weighted by Gasteiger charge is 2.31. The Morgan fingerprint density at radius 2 is 1.76 bits per heavy atom. The minimum absolute atomic E-state index is 0.402. The van der Waals surface area contributed by atoms with E-state index in [4.69, 9.17) is 23.2 Å². The van der Waals surface area contributed by atoms with Crippen molar-refractivity contribution in [1.29, 1.82) is 0 Å². The van der Waals surface area contributed by atoms with Crippen molar-refractivity contribution >= 4 is 23.2 Å². The normalized spacial score (nSPS) is 13.2. The number of hydrogen-bond donors (Lipinski definition) is 1. The summed E-state index contributed by atoms with van der Waals surface area (Å²) in [5.74, 6) is 0. The van der Waals surface area contributed by atoms with Gasteiger partial charge in [-0.25, -0.2) is 0 Å². The Morgan fingerprint density at radius 1 is 1.05 bits per heavy atom. The van der Waals surface area contributed by atoms with Gasteiger partial charge in [0.05, 0.1) is 11.6 Å². The van der Waals surface area contributed by atoms with E-state index in [0.717, 1.165) is 12.1 Å². The molecule has 6 heteroatoms. The Kier molecular flexibility index (Phi) is 4.81. The highest BCUT2D eigenvalue weighted by Crippen LogP contribution is 2.34. The number of nitrogens with one attached hydrogen (secondary N) is 1. The smallest absolute Gasteiger partial charge is 0.309 e. The van der Waals surface area contributed by atoms with Crippen LogP contribution in [0.15, 0.2) is 42.5 Å². The van der Waals surface area contributed by atoms with Crippen LogP contribution in [-0.2, 0) is 6.18 Å². The molecule has 0 aliphatic rings. The number of rotatable bonds is 3. The van der Waals surface area contributed by atoms with Gasteiger partial charge in [-0.2, -0.15) is 13.2 Å². The van der Waals surface area contributed by atoms with Crippen LogP contribution in [0.3, 0.4) is 0 Å². The largest absolute Gasteiger partial charge is 0.416 e. The van der Waals surface area contributed by atoms with Crippen LogP contribution in [0.2, 0.25) is 10.0 Å². The molecule has 0 saturated heterocycles. The molecule has 2 aromatic rings. The Bertz CT molecular complexity index is 641. The van der Waals surface area contributed by atoms with E-state index in [1.807, 2.05) is 0 Å². The third kappa shape index (κ3) is 3.70. The summed E-state index contributed by atoms with van der Waals surface area (Å²) < 4.78 is 38.4. The van der Waals surface area contributed by atoms with Crippen LogP contribution in [0.5, 0.6) is 0 Å². The summed E-state index contributed by atoms with van der Waals surface area (Å²) in [6, 6.07) is 9.64. The van der Waals surface area contributed by atoms with Crippen molar-refractivity contribution in [3.8, 4) is 0 Å². The molecule has 0 aromatic heterocycles. The van der Waals surface area contributed by atoms with E-state index >= 15 is 0 Å². The van der Waals surface area contributed by atoms with Gasteiger partial charge >= 0.3 is 6.18 Å². The van der Waals surface area contributed by atoms with Gasteiger partial charge in [0.15, 0.2) is 0 Å². The number of halogens is 5. The molecule has 0 heterocycles. The second kappa shape index (κ2) is 6.26. The van der Waals surface area contributed by atoms with Gasteiger partial charge in [-0.15, -0.1) is 0 Å². The Hall–Kier alpha value is -1.23. The van der Waals surface area contributed by atoms with Gasteiger partial charge in [0, 0.05) is 10.0 Å². The van der Waals surface area contributed by atoms with E-state index < -0.39 is 17.8 Å². The average molecular weight is 334 g/mol. The third-order valence-corrected chi connectivity index (χ3v) is 3.67. The summed E-state index contributed by atoms with van der Waals surface area (Å²) in [6.07, 6.45) is -4.38. The van der Waals surface area contributed by atoms with Crippen molar-refractivity contribution in [3.63, 3.8) is 0 Å². The molecule has 0 aliphatic carbocycles. The minimum atomic E-state index is -4.38. The van der Waals surface area contributed by atoms with E-state index in [1.165, 1.54) is 6.07 Å². The van der Waals surface area contributed by atoms with E-state index in [1.54, 1.807) is 31.3 Å². The van der Waals surface area contributed by atoms with Crippen molar-refractivity contribution in [2.24, 2.45) is 0 Å². The predicted octanol–water partition coefficient (Wildman–Crippen LogP) is 5.32. The monoisotopic (exact) mass is 333 g/mol. The van der Waals surface area contributed by atoms with Crippen molar-refractivity contribution in [2.75, 3.05) is 7.05 Å². The van der Waals surface area contributed by atoms with E-state index in [2.05, 4.69) is 5.32 Å². The molecule has 2 aromatic carbocycles.